The summed E-state index contributed by atoms with van der Waals surface area (Å²) in [6.07, 6.45) is -1.66. The zero-order valence-corrected chi connectivity index (χ0v) is 21.7. The first-order valence-electron chi connectivity index (χ1n) is 13.2. The number of hydrogen-bond donors (Lipinski definition) is 2. The Morgan fingerprint density at radius 3 is 2.38 bits per heavy atom. The van der Waals surface area contributed by atoms with Crippen molar-refractivity contribution in [3.8, 4) is 0 Å². The highest BCUT2D eigenvalue weighted by Crippen LogP contribution is 2.33. The number of aromatic nitrogens is 3. The Morgan fingerprint density at radius 1 is 1.05 bits per heavy atom. The number of piperidine rings is 2. The van der Waals surface area contributed by atoms with Crippen LogP contribution in [0, 0.1) is 0 Å². The molecule has 40 heavy (non-hydrogen) atoms. The van der Waals surface area contributed by atoms with Gasteiger partial charge < -0.3 is 16.0 Å². The number of nitrogens with two attached hydrogens (primary N) is 1. The molecule has 0 bridgehead atoms. The van der Waals surface area contributed by atoms with Gasteiger partial charge in [-0.1, -0.05) is 6.07 Å². The van der Waals surface area contributed by atoms with E-state index in [0.717, 1.165) is 44.1 Å². The third kappa shape index (κ3) is 6.30. The van der Waals surface area contributed by atoms with Crippen LogP contribution in [0.2, 0.25) is 0 Å². The van der Waals surface area contributed by atoms with E-state index in [1.807, 2.05) is 18.2 Å². The molecule has 13 heteroatoms. The lowest BCUT2D eigenvalue weighted by molar-refractivity contribution is -0.145. The molecular weight excluding hydrogens is 533 g/mol. The second-order valence-corrected chi connectivity index (χ2v) is 10.3. The summed E-state index contributed by atoms with van der Waals surface area (Å²) >= 11 is 0. The second kappa shape index (κ2) is 11.2. The highest BCUT2D eigenvalue weighted by Gasteiger charge is 2.38. The number of pyridine rings is 1. The molecule has 3 N–H and O–H groups in total. The molecule has 2 saturated heterocycles. The van der Waals surface area contributed by atoms with Gasteiger partial charge in [-0.15, -0.1) is 0 Å². The summed E-state index contributed by atoms with van der Waals surface area (Å²) in [4.78, 5) is 28.8. The van der Waals surface area contributed by atoms with Crippen molar-refractivity contribution in [2.24, 2.45) is 5.73 Å². The number of amides is 1. The first-order chi connectivity index (χ1) is 19.0. The predicted molar refractivity (Wildman–Crippen MR) is 139 cm³/mol. The monoisotopic (exact) mass is 563 g/mol. The molecule has 5 rings (SSSR count). The van der Waals surface area contributed by atoms with Crippen LogP contribution in [0.5, 0.6) is 0 Å². The number of hydrogen-bond acceptors (Lipinski definition) is 7. The fourth-order valence-electron chi connectivity index (χ4n) is 5.21. The molecule has 1 amide bonds. The smallest absolute Gasteiger partial charge is 0.356 e. The van der Waals surface area contributed by atoms with Crippen molar-refractivity contribution in [2.75, 3.05) is 37.6 Å². The number of halogens is 5. The maximum atomic E-state index is 13.8. The van der Waals surface area contributed by atoms with Gasteiger partial charge in [-0.25, -0.2) is 23.7 Å². The van der Waals surface area contributed by atoms with Crippen molar-refractivity contribution < 1.29 is 26.7 Å². The third-order valence-electron chi connectivity index (χ3n) is 7.56. The molecule has 2 aliphatic heterocycles. The molecule has 2 fully saturated rings. The van der Waals surface area contributed by atoms with Gasteiger partial charge in [0.05, 0.1) is 11.6 Å². The molecule has 1 aromatic carbocycles. The summed E-state index contributed by atoms with van der Waals surface area (Å²) < 4.78 is 66.6. The number of likely N-dealkylation sites (tertiary alicyclic amines) is 1. The van der Waals surface area contributed by atoms with Gasteiger partial charge in [0.25, 0.3) is 11.8 Å². The highest BCUT2D eigenvalue weighted by atomic mass is 19.4. The van der Waals surface area contributed by atoms with Gasteiger partial charge >= 0.3 is 6.18 Å². The van der Waals surface area contributed by atoms with Gasteiger partial charge in [0.15, 0.2) is 0 Å². The van der Waals surface area contributed by atoms with Gasteiger partial charge in [-0.3, -0.25) is 9.69 Å². The van der Waals surface area contributed by atoms with Crippen molar-refractivity contribution >= 4 is 22.6 Å². The van der Waals surface area contributed by atoms with Crippen molar-refractivity contribution in [1.82, 2.24) is 25.2 Å². The van der Waals surface area contributed by atoms with Gasteiger partial charge in [-0.2, -0.15) is 13.2 Å². The lowest BCUT2D eigenvalue weighted by Gasteiger charge is -2.37. The number of nitrogens with one attached hydrogen (secondary N) is 1. The Balaban J connectivity index is 1.34. The second-order valence-electron chi connectivity index (χ2n) is 10.3. The number of rotatable bonds is 6. The SMILES string of the molecule is NC1CCN(c2ccc3c(C(=O)NCC(c4cnc(C(F)(F)F)nc4)N4CCC(F)(F)CC4)cccc3n2)CC1. The Labute approximate surface area is 227 Å². The molecule has 4 heterocycles. The maximum absolute atomic E-state index is 13.8. The minimum atomic E-state index is -4.71. The minimum Gasteiger partial charge on any atom is -0.356 e. The van der Waals surface area contributed by atoms with Crippen LogP contribution in [0.25, 0.3) is 10.9 Å². The fraction of sp³-hybridized carbons (Fsp3) is 0.481. The summed E-state index contributed by atoms with van der Waals surface area (Å²) in [5.74, 6) is -3.71. The van der Waals surface area contributed by atoms with E-state index < -0.39 is 29.9 Å². The minimum absolute atomic E-state index is 0.0108. The van der Waals surface area contributed by atoms with Gasteiger partial charge in [0.2, 0.25) is 5.82 Å². The van der Waals surface area contributed by atoms with E-state index in [1.54, 1.807) is 17.0 Å². The van der Waals surface area contributed by atoms with Crippen LogP contribution in [-0.4, -0.2) is 70.4 Å². The maximum Gasteiger partial charge on any atom is 0.451 e. The number of anilines is 1. The number of nitrogens with zero attached hydrogens (tertiary/aromatic N) is 5. The number of carbonyl (C=O) groups excluding carboxylic acids is 1. The molecule has 8 nitrogen and oxygen atoms in total. The molecule has 3 aromatic rings. The van der Waals surface area contributed by atoms with Gasteiger partial charge in [0, 0.05) is 80.5 Å². The van der Waals surface area contributed by atoms with Crippen molar-refractivity contribution in [3.05, 3.63) is 59.7 Å². The van der Waals surface area contributed by atoms with E-state index >= 15 is 0 Å². The quantitative estimate of drug-likeness (QED) is 0.434. The van der Waals surface area contributed by atoms with E-state index in [4.69, 9.17) is 10.7 Å². The molecule has 0 aliphatic carbocycles. The normalized spacial score (nSPS) is 19.5. The first-order valence-corrected chi connectivity index (χ1v) is 13.2. The Hall–Kier alpha value is -3.45. The summed E-state index contributed by atoms with van der Waals surface area (Å²) in [6, 6.07) is 8.42. The Kier molecular flexibility index (Phi) is 7.87. The van der Waals surface area contributed by atoms with Crippen molar-refractivity contribution in [1.29, 1.82) is 0 Å². The number of fused-ring (bicyclic) bond motifs is 1. The van der Waals surface area contributed by atoms with E-state index in [0.29, 0.717) is 22.0 Å². The van der Waals surface area contributed by atoms with Crippen LogP contribution in [0.1, 0.15) is 53.5 Å². The van der Waals surface area contributed by atoms with Crippen LogP contribution >= 0.6 is 0 Å². The van der Waals surface area contributed by atoms with Crippen LogP contribution < -0.4 is 16.0 Å². The average Bonchev–Trinajstić information content (AvgIpc) is 2.93. The largest absolute Gasteiger partial charge is 0.451 e. The van der Waals surface area contributed by atoms with E-state index in [9.17, 15) is 26.7 Å². The van der Waals surface area contributed by atoms with Gasteiger partial charge in [-0.05, 0) is 37.1 Å². The topological polar surface area (TPSA) is 100 Å². The summed E-state index contributed by atoms with van der Waals surface area (Å²) in [6.45, 7) is 1.59. The lowest BCUT2D eigenvalue weighted by Crippen LogP contribution is -2.45. The molecule has 0 spiro atoms. The van der Waals surface area contributed by atoms with Crippen LogP contribution in [0.15, 0.2) is 42.7 Å². The molecule has 0 radical (unpaired) electrons. The lowest BCUT2D eigenvalue weighted by atomic mass is 10.0. The van der Waals surface area contributed by atoms with E-state index in [2.05, 4.69) is 20.2 Å². The Bertz CT molecular complexity index is 1330. The number of carbonyl (C=O) groups is 1. The van der Waals surface area contributed by atoms with Crippen molar-refractivity contribution in [2.45, 2.75) is 49.9 Å². The van der Waals surface area contributed by atoms with Crippen LogP contribution in [0.3, 0.4) is 0 Å². The summed E-state index contributed by atoms with van der Waals surface area (Å²) in [7, 11) is 0. The average molecular weight is 564 g/mol. The fourth-order valence-corrected chi connectivity index (χ4v) is 5.21. The zero-order chi connectivity index (χ0) is 28.5. The first kappa shape index (κ1) is 28.1. The highest BCUT2D eigenvalue weighted by molar-refractivity contribution is 6.06. The molecule has 1 unspecified atom stereocenters. The molecule has 1 atom stereocenters. The number of benzene rings is 1. The summed E-state index contributed by atoms with van der Waals surface area (Å²) in [5, 5.41) is 3.48. The standard InChI is InChI=1S/C27H30F5N7O/c28-26(29)8-12-38(13-9-26)22(17-14-35-25(36-15-17)27(30,31)32)16-34-24(40)20-2-1-3-21-19(20)4-5-23(37-21)39-10-6-18(33)7-11-39/h1-5,14-15,18,22H,6-13,16,33H2,(H,34,40). The zero-order valence-electron chi connectivity index (χ0n) is 21.7. The van der Waals surface area contributed by atoms with Crippen molar-refractivity contribution in [3.63, 3.8) is 0 Å². The third-order valence-corrected chi connectivity index (χ3v) is 7.56. The molecule has 214 valence electrons. The molecule has 0 saturated carbocycles. The van der Waals surface area contributed by atoms with E-state index in [1.165, 1.54) is 0 Å². The molecule has 2 aromatic heterocycles. The molecular formula is C27H30F5N7O. The van der Waals surface area contributed by atoms with E-state index in [-0.39, 0.29) is 38.5 Å². The van der Waals surface area contributed by atoms with Crippen LogP contribution in [0.4, 0.5) is 27.8 Å². The molecule has 2 aliphatic rings. The van der Waals surface area contributed by atoms with Crippen LogP contribution in [-0.2, 0) is 6.18 Å². The predicted octanol–water partition coefficient (Wildman–Crippen LogP) is 4.17. The number of alkyl halides is 5. The van der Waals surface area contributed by atoms with Gasteiger partial charge in [0.1, 0.15) is 5.82 Å². The Morgan fingerprint density at radius 2 is 1.73 bits per heavy atom. The summed E-state index contributed by atoms with van der Waals surface area (Å²) in [5.41, 5.74) is 7.33.